The largest absolute Gasteiger partial charge is 0.480 e. The summed E-state index contributed by atoms with van der Waals surface area (Å²) in [6.07, 6.45) is 4.05. The molecule has 0 unspecified atom stereocenters. The first-order valence-corrected chi connectivity index (χ1v) is 38.5. The molecule has 2 aliphatic heterocycles. The van der Waals surface area contributed by atoms with Gasteiger partial charge in [0.2, 0.25) is 88.6 Å². The van der Waals surface area contributed by atoms with E-state index in [4.69, 9.17) is 11.5 Å². The zero-order valence-electron chi connectivity index (χ0n) is 65.8. The van der Waals surface area contributed by atoms with Crippen LogP contribution in [0.3, 0.4) is 0 Å². The Kier molecular flexibility index (Phi) is 36.0. The zero-order chi connectivity index (χ0) is 84.9. The number of aliphatic hydroxyl groups excluding tert-OH is 3. The minimum absolute atomic E-state index is 0.0287. The van der Waals surface area contributed by atoms with Crippen LogP contribution in [0.5, 0.6) is 0 Å². The number of fused-ring (bicyclic) bond motifs is 1. The van der Waals surface area contributed by atoms with Gasteiger partial charge >= 0.3 is 5.97 Å². The summed E-state index contributed by atoms with van der Waals surface area (Å²) in [4.78, 5) is 232. The van der Waals surface area contributed by atoms with E-state index < -0.39 is 212 Å². The van der Waals surface area contributed by atoms with Crippen LogP contribution in [0.15, 0.2) is 73.3 Å². The number of carboxylic acid groups (broad SMARTS) is 1. The Bertz CT molecular complexity index is 4050. The fourth-order valence-corrected chi connectivity index (χ4v) is 13.2. The quantitative estimate of drug-likeness (QED) is 0.0197. The summed E-state index contributed by atoms with van der Waals surface area (Å²) in [5.74, 6) is -15.7. The number of primary amides is 1. The maximum absolute atomic E-state index is 14.7. The van der Waals surface area contributed by atoms with E-state index in [0.717, 1.165) is 4.90 Å². The summed E-state index contributed by atoms with van der Waals surface area (Å²) in [5, 5.41) is 71.8. The standard InChI is InChI=1S/C76H111N19O20/c1-9-41(6)62(93-63(102)42(7)77)76(115)95-26-16-22-59(95)74(113)92-56(36-97)70(109)86-51(29-44-17-11-10-12-18-44)66(105)83-43(8)64(103)90-55(35-96)72(111)89-54(28-40(4)5)75(114)94-25-15-21-58(94)73(112)91-57(37-98)71(110)88-53(31-46-33-79-38-82-46)69(108)85-50(27-39(2)3)67(106)87-52(30-45-32-80-48-20-14-13-19-47(45)48)68(107)84-49(23-24-60(78)99)65(104)81-34-61(100)101/h10-14,17-20,32-33,38-43,49-59,62,80,96-98H,9,15-16,21-31,34-37,77H2,1-8H3,(H2,78,99)(H,79,82)(H,81,104)(H,83,105)(H,84,107)(H,85,108)(H,86,109)(H,87,106)(H,88,110)(H,89,111)(H,90,103)(H,91,112)(H,92,113)(H,93,102)(H,100,101)/t41-,42-,43-,49-,50-,51-,52-,53-,54-,55-,56-,57-,58-,59-,62-/m0/s1. The third kappa shape index (κ3) is 27.7. The van der Waals surface area contributed by atoms with Crippen LogP contribution in [0.1, 0.15) is 130 Å². The van der Waals surface area contributed by atoms with Crippen LogP contribution in [-0.4, -0.2) is 264 Å². The normalized spacial score (nSPS) is 17.4. The number of para-hydroxylation sites is 1. The molecule has 2 fully saturated rings. The van der Waals surface area contributed by atoms with Crippen LogP contribution in [0, 0.1) is 17.8 Å². The van der Waals surface area contributed by atoms with Gasteiger partial charge in [0.05, 0.1) is 32.2 Å². The number of benzene rings is 2. The van der Waals surface area contributed by atoms with Crippen LogP contribution in [-0.2, 0) is 96.0 Å². The molecule has 15 atom stereocenters. The van der Waals surface area contributed by atoms with Gasteiger partial charge in [-0.2, -0.15) is 0 Å². The van der Waals surface area contributed by atoms with E-state index in [0.29, 0.717) is 40.6 Å². The Balaban J connectivity index is 1.11. The van der Waals surface area contributed by atoms with Crippen molar-refractivity contribution in [2.45, 2.75) is 217 Å². The van der Waals surface area contributed by atoms with Gasteiger partial charge in [-0.3, -0.25) is 76.7 Å². The lowest BCUT2D eigenvalue weighted by Gasteiger charge is -2.32. The highest BCUT2D eigenvalue weighted by Gasteiger charge is 2.44. The van der Waals surface area contributed by atoms with E-state index in [1.807, 2.05) is 6.92 Å². The Morgan fingerprint density at radius 1 is 0.513 bits per heavy atom. The first-order chi connectivity index (χ1) is 54.6. The molecule has 2 saturated heterocycles. The van der Waals surface area contributed by atoms with E-state index in [2.05, 4.69) is 78.8 Å². The molecule has 22 N–H and O–H groups in total. The minimum atomic E-state index is -1.79. The maximum atomic E-state index is 14.7. The number of hydrogen-bond acceptors (Lipinski definition) is 21. The summed E-state index contributed by atoms with van der Waals surface area (Å²) >= 11 is 0. The van der Waals surface area contributed by atoms with Gasteiger partial charge in [0, 0.05) is 67.8 Å². The molecule has 0 bridgehead atoms. The molecule has 2 aromatic carbocycles. The second-order valence-electron chi connectivity index (χ2n) is 29.8. The second-order valence-corrected chi connectivity index (χ2v) is 29.8. The highest BCUT2D eigenvalue weighted by Crippen LogP contribution is 2.25. The number of H-pyrrole nitrogens is 2. The van der Waals surface area contributed by atoms with Crippen molar-refractivity contribution in [1.29, 1.82) is 0 Å². The Morgan fingerprint density at radius 2 is 0.983 bits per heavy atom. The number of nitrogens with one attached hydrogen (secondary N) is 14. The Morgan fingerprint density at radius 3 is 1.50 bits per heavy atom. The molecular weight excluding hydrogens is 1500 g/mol. The number of carboxylic acids is 1. The van der Waals surface area contributed by atoms with E-state index in [-0.39, 0.29) is 88.6 Å². The maximum Gasteiger partial charge on any atom is 0.322 e. The highest BCUT2D eigenvalue weighted by atomic mass is 16.4. The molecule has 115 heavy (non-hydrogen) atoms. The molecule has 0 spiro atoms. The Labute approximate surface area is 664 Å². The third-order valence-electron chi connectivity index (χ3n) is 19.7. The van der Waals surface area contributed by atoms with E-state index >= 15 is 0 Å². The number of aliphatic carboxylic acids is 1. The van der Waals surface area contributed by atoms with Crippen molar-refractivity contribution in [2.75, 3.05) is 39.5 Å². The number of likely N-dealkylation sites (tertiary alicyclic amines) is 2. The first kappa shape index (κ1) is 92.4. The van der Waals surface area contributed by atoms with E-state index in [9.17, 15) is 97.1 Å². The van der Waals surface area contributed by atoms with Crippen molar-refractivity contribution in [3.63, 3.8) is 0 Å². The van der Waals surface area contributed by atoms with Crippen LogP contribution in [0.4, 0.5) is 0 Å². The van der Waals surface area contributed by atoms with E-state index in [1.54, 1.807) is 95.4 Å². The number of rotatable bonds is 45. The van der Waals surface area contributed by atoms with Gasteiger partial charge in [0.15, 0.2) is 0 Å². The summed E-state index contributed by atoms with van der Waals surface area (Å²) in [7, 11) is 0. The van der Waals surface area contributed by atoms with Gasteiger partial charge in [-0.25, -0.2) is 4.98 Å². The number of aliphatic hydroxyl groups is 3. The molecule has 0 aliphatic carbocycles. The van der Waals surface area contributed by atoms with Crippen LogP contribution >= 0.6 is 0 Å². The van der Waals surface area contributed by atoms with Gasteiger partial charge in [-0.05, 0) is 93.7 Å². The zero-order valence-corrected chi connectivity index (χ0v) is 65.8. The van der Waals surface area contributed by atoms with Crippen molar-refractivity contribution >= 4 is 105 Å². The molecule has 15 amide bonds. The average molecular weight is 1610 g/mol. The molecule has 2 aromatic heterocycles. The topological polar surface area (TPSA) is 601 Å². The third-order valence-corrected chi connectivity index (χ3v) is 19.7. The van der Waals surface area contributed by atoms with Crippen molar-refractivity contribution in [3.8, 4) is 0 Å². The highest BCUT2D eigenvalue weighted by molar-refractivity contribution is 6.01. The van der Waals surface area contributed by atoms with Crippen LogP contribution < -0.4 is 75.3 Å². The molecule has 0 saturated carbocycles. The number of imidazole rings is 1. The lowest BCUT2D eigenvalue weighted by Crippen LogP contribution is -2.61. The predicted octanol–water partition coefficient (Wildman–Crippen LogP) is -4.82. The molecule has 2 aliphatic rings. The number of carbonyl (C=O) groups is 16. The lowest BCUT2D eigenvalue weighted by molar-refractivity contribution is -0.143. The van der Waals surface area contributed by atoms with Gasteiger partial charge in [0.25, 0.3) is 0 Å². The van der Waals surface area contributed by atoms with Gasteiger partial charge in [0.1, 0.15) is 85.1 Å². The molecule has 6 rings (SSSR count). The van der Waals surface area contributed by atoms with Crippen molar-refractivity contribution in [2.24, 2.45) is 29.2 Å². The van der Waals surface area contributed by atoms with E-state index in [1.165, 1.54) is 31.3 Å². The number of hydrogen-bond donors (Lipinski definition) is 20. The molecule has 630 valence electrons. The fourth-order valence-electron chi connectivity index (χ4n) is 13.2. The number of carbonyl (C=O) groups excluding carboxylic acids is 15. The summed E-state index contributed by atoms with van der Waals surface area (Å²) < 4.78 is 0. The van der Waals surface area contributed by atoms with Crippen LogP contribution in [0.2, 0.25) is 0 Å². The minimum Gasteiger partial charge on any atom is -0.480 e. The Hall–Kier alpha value is -11.5. The molecular formula is C76H111N19O20. The molecule has 39 nitrogen and oxygen atoms in total. The van der Waals surface area contributed by atoms with Crippen LogP contribution in [0.25, 0.3) is 10.9 Å². The fraction of sp³-hybridized carbons (Fsp3) is 0.566. The summed E-state index contributed by atoms with van der Waals surface area (Å²) in [6, 6.07) is -4.56. The first-order valence-electron chi connectivity index (χ1n) is 38.5. The number of nitrogens with zero attached hydrogens (tertiary/aromatic N) is 3. The lowest BCUT2D eigenvalue weighted by atomic mass is 9.97. The van der Waals surface area contributed by atoms with Gasteiger partial charge < -0.3 is 115 Å². The smallest absolute Gasteiger partial charge is 0.322 e. The SMILES string of the molecule is CC[C@H](C)[C@H](NC(=O)[C@H](C)N)C(=O)N1CCC[C@H]1C(=O)N[C@@H](CO)C(=O)N[C@@H](Cc1ccccc1)C(=O)N[C@@H](C)C(=O)N[C@@H](CO)C(=O)N[C@@H](CC(C)C)C(=O)N1CCC[C@H]1C(=O)N[C@@H](CO)C(=O)N[C@@H](Cc1cnc[nH]1)C(=O)N[C@@H](CC(C)C)C(=O)N[C@@H](Cc1c[nH]c2ccccc12)C(=O)N[C@@H](CCC(N)=O)C(=O)NCC(=O)O. The number of aromatic nitrogens is 3. The summed E-state index contributed by atoms with van der Waals surface area (Å²) in [5.41, 5.74) is 13.2. The molecule has 0 radical (unpaired) electrons. The molecule has 4 aromatic rings. The van der Waals surface area contributed by atoms with Crippen molar-refractivity contribution in [1.82, 2.24) is 88.6 Å². The van der Waals surface area contributed by atoms with Gasteiger partial charge in [-0.15, -0.1) is 0 Å². The van der Waals surface area contributed by atoms with Crippen molar-refractivity contribution in [3.05, 3.63) is 90.1 Å². The predicted molar refractivity (Wildman–Crippen MR) is 413 cm³/mol. The summed E-state index contributed by atoms with van der Waals surface area (Å²) in [6.45, 7) is 9.48. The molecule has 39 heteroatoms. The van der Waals surface area contributed by atoms with Gasteiger partial charge in [-0.1, -0.05) is 96.5 Å². The molecule has 4 heterocycles. The second kappa shape index (κ2) is 44.9. The monoisotopic (exact) mass is 1610 g/mol. The number of aromatic amines is 2. The number of amides is 15. The number of nitrogens with two attached hydrogens (primary N) is 2. The average Bonchev–Trinajstić information content (AvgIpc) is 1.70. The van der Waals surface area contributed by atoms with Crippen molar-refractivity contribution < 1.29 is 97.1 Å².